The molecule has 0 aliphatic carbocycles. The average Bonchev–Trinajstić information content (AvgIpc) is 3.25. The molecular formula is C17H22N2O4. The van der Waals surface area contributed by atoms with Crippen molar-refractivity contribution in [3.8, 4) is 5.75 Å². The molecule has 0 radical (unpaired) electrons. The van der Waals surface area contributed by atoms with Gasteiger partial charge in [-0.3, -0.25) is 4.79 Å². The van der Waals surface area contributed by atoms with Crippen LogP contribution in [0.5, 0.6) is 5.75 Å². The van der Waals surface area contributed by atoms with Crippen molar-refractivity contribution in [3.05, 3.63) is 29.8 Å². The van der Waals surface area contributed by atoms with Gasteiger partial charge in [-0.25, -0.2) is 0 Å². The number of carbonyl (C=O) groups is 1. The van der Waals surface area contributed by atoms with Crippen molar-refractivity contribution in [2.75, 3.05) is 26.9 Å². The van der Waals surface area contributed by atoms with Crippen LogP contribution in [-0.4, -0.2) is 44.6 Å². The van der Waals surface area contributed by atoms with Crippen LogP contribution >= 0.6 is 0 Å². The van der Waals surface area contributed by atoms with Crippen LogP contribution in [0.1, 0.15) is 18.4 Å². The van der Waals surface area contributed by atoms with E-state index in [2.05, 4.69) is 10.5 Å². The SMILES string of the molecule is COc1ccc(CC2CC(C(=O)NCC3CCOC3)=NO2)cc1. The zero-order valence-electron chi connectivity index (χ0n) is 13.3. The molecule has 0 aromatic heterocycles. The monoisotopic (exact) mass is 318 g/mol. The van der Waals surface area contributed by atoms with Gasteiger partial charge in [0.2, 0.25) is 0 Å². The highest BCUT2D eigenvalue weighted by Gasteiger charge is 2.27. The lowest BCUT2D eigenvalue weighted by atomic mass is 10.0. The molecule has 124 valence electrons. The third-order valence-corrected chi connectivity index (χ3v) is 4.19. The molecule has 2 heterocycles. The first-order valence-corrected chi connectivity index (χ1v) is 7.96. The first-order chi connectivity index (χ1) is 11.2. The summed E-state index contributed by atoms with van der Waals surface area (Å²) in [5, 5.41) is 6.86. The Labute approximate surface area is 135 Å². The van der Waals surface area contributed by atoms with E-state index in [0.717, 1.165) is 37.4 Å². The van der Waals surface area contributed by atoms with Gasteiger partial charge in [-0.2, -0.15) is 0 Å². The second-order valence-corrected chi connectivity index (χ2v) is 5.96. The second-order valence-electron chi connectivity index (χ2n) is 5.96. The summed E-state index contributed by atoms with van der Waals surface area (Å²) in [7, 11) is 1.64. The summed E-state index contributed by atoms with van der Waals surface area (Å²) < 4.78 is 10.4. The number of nitrogens with one attached hydrogen (secondary N) is 1. The molecule has 1 aromatic carbocycles. The maximum atomic E-state index is 12.1. The van der Waals surface area contributed by atoms with Crippen molar-refractivity contribution in [2.45, 2.75) is 25.4 Å². The number of carbonyl (C=O) groups excluding carboxylic acids is 1. The maximum absolute atomic E-state index is 12.1. The summed E-state index contributed by atoms with van der Waals surface area (Å²) in [6.07, 6.45) is 2.18. The minimum Gasteiger partial charge on any atom is -0.497 e. The van der Waals surface area contributed by atoms with Crippen LogP contribution in [0.3, 0.4) is 0 Å². The fourth-order valence-electron chi connectivity index (χ4n) is 2.78. The largest absolute Gasteiger partial charge is 0.497 e. The van der Waals surface area contributed by atoms with E-state index >= 15 is 0 Å². The number of hydrogen-bond donors (Lipinski definition) is 1. The minimum absolute atomic E-state index is 0.0843. The number of benzene rings is 1. The number of amides is 1. The Morgan fingerprint density at radius 1 is 1.39 bits per heavy atom. The molecule has 6 nitrogen and oxygen atoms in total. The number of oxime groups is 1. The Bertz CT molecular complexity index is 564. The quantitative estimate of drug-likeness (QED) is 0.864. The topological polar surface area (TPSA) is 69.2 Å². The van der Waals surface area contributed by atoms with Crippen LogP contribution in [0, 0.1) is 5.92 Å². The lowest BCUT2D eigenvalue weighted by Crippen LogP contribution is -2.35. The van der Waals surface area contributed by atoms with Crippen molar-refractivity contribution >= 4 is 11.6 Å². The fourth-order valence-corrected chi connectivity index (χ4v) is 2.78. The third-order valence-electron chi connectivity index (χ3n) is 4.19. The molecule has 1 aromatic rings. The Morgan fingerprint density at radius 2 is 2.22 bits per heavy atom. The Morgan fingerprint density at radius 3 is 2.91 bits per heavy atom. The summed E-state index contributed by atoms with van der Waals surface area (Å²) in [6.45, 7) is 2.15. The van der Waals surface area contributed by atoms with E-state index in [-0.39, 0.29) is 12.0 Å². The van der Waals surface area contributed by atoms with Gasteiger partial charge >= 0.3 is 0 Å². The highest BCUT2D eigenvalue weighted by atomic mass is 16.6. The van der Waals surface area contributed by atoms with Gasteiger partial charge < -0.3 is 19.6 Å². The number of ether oxygens (including phenoxy) is 2. The molecule has 2 aliphatic heterocycles. The van der Waals surface area contributed by atoms with E-state index < -0.39 is 0 Å². The fraction of sp³-hybridized carbons (Fsp3) is 0.529. The first-order valence-electron chi connectivity index (χ1n) is 7.96. The van der Waals surface area contributed by atoms with Gasteiger partial charge in [-0.15, -0.1) is 0 Å². The first kappa shape index (κ1) is 15.8. The van der Waals surface area contributed by atoms with Gasteiger partial charge in [0.15, 0.2) is 0 Å². The summed E-state index contributed by atoms with van der Waals surface area (Å²) in [6, 6.07) is 7.84. The van der Waals surface area contributed by atoms with Gasteiger partial charge in [-0.05, 0) is 24.1 Å². The van der Waals surface area contributed by atoms with E-state index in [4.69, 9.17) is 14.3 Å². The van der Waals surface area contributed by atoms with E-state index in [9.17, 15) is 4.79 Å². The Hall–Kier alpha value is -2.08. The van der Waals surface area contributed by atoms with Crippen molar-refractivity contribution in [2.24, 2.45) is 11.1 Å². The van der Waals surface area contributed by atoms with Crippen LogP contribution in [-0.2, 0) is 20.8 Å². The summed E-state index contributed by atoms with van der Waals surface area (Å²) in [5.74, 6) is 1.11. The van der Waals surface area contributed by atoms with Gasteiger partial charge in [-0.1, -0.05) is 17.3 Å². The van der Waals surface area contributed by atoms with E-state index in [1.807, 2.05) is 24.3 Å². The van der Waals surface area contributed by atoms with Crippen LogP contribution in [0.4, 0.5) is 0 Å². The summed E-state index contributed by atoms with van der Waals surface area (Å²) >= 11 is 0. The smallest absolute Gasteiger partial charge is 0.269 e. The average molecular weight is 318 g/mol. The molecule has 1 fully saturated rings. The van der Waals surface area contributed by atoms with Crippen LogP contribution in [0.15, 0.2) is 29.4 Å². The molecule has 2 unspecified atom stereocenters. The van der Waals surface area contributed by atoms with Gasteiger partial charge in [0.05, 0.1) is 13.7 Å². The molecule has 23 heavy (non-hydrogen) atoms. The van der Waals surface area contributed by atoms with Crippen molar-refractivity contribution in [1.29, 1.82) is 0 Å². The number of hydrogen-bond acceptors (Lipinski definition) is 5. The zero-order valence-corrected chi connectivity index (χ0v) is 13.3. The standard InChI is InChI=1S/C17H22N2O4/c1-21-14-4-2-12(3-5-14)8-15-9-16(19-23-15)17(20)18-10-13-6-7-22-11-13/h2-5,13,15H,6-11H2,1H3,(H,18,20). The number of nitrogens with zero attached hydrogens (tertiary/aromatic N) is 1. The molecule has 0 saturated carbocycles. The normalized spacial score (nSPS) is 23.3. The molecule has 6 heteroatoms. The van der Waals surface area contributed by atoms with Gasteiger partial charge in [0.1, 0.15) is 17.6 Å². The maximum Gasteiger partial charge on any atom is 0.269 e. The predicted octanol–water partition coefficient (Wildman–Crippen LogP) is 1.54. The molecule has 3 rings (SSSR count). The molecular weight excluding hydrogens is 296 g/mol. The summed E-state index contributed by atoms with van der Waals surface area (Å²) in [4.78, 5) is 17.5. The molecule has 0 bridgehead atoms. The number of rotatable bonds is 6. The Kier molecular flexibility index (Phi) is 5.12. The third kappa shape index (κ3) is 4.22. The van der Waals surface area contributed by atoms with E-state index in [1.165, 1.54) is 0 Å². The van der Waals surface area contributed by atoms with E-state index in [1.54, 1.807) is 7.11 Å². The molecule has 1 amide bonds. The number of methoxy groups -OCH3 is 1. The molecule has 2 aliphatic rings. The lowest BCUT2D eigenvalue weighted by molar-refractivity contribution is -0.115. The second kappa shape index (κ2) is 7.46. The Balaban J connectivity index is 1.44. The van der Waals surface area contributed by atoms with Crippen molar-refractivity contribution in [3.63, 3.8) is 0 Å². The highest BCUT2D eigenvalue weighted by molar-refractivity contribution is 6.39. The van der Waals surface area contributed by atoms with Gasteiger partial charge in [0, 0.05) is 31.9 Å². The van der Waals surface area contributed by atoms with Crippen molar-refractivity contribution < 1.29 is 19.1 Å². The molecule has 2 atom stereocenters. The highest BCUT2D eigenvalue weighted by Crippen LogP contribution is 2.19. The molecule has 1 saturated heterocycles. The predicted molar refractivity (Wildman–Crippen MR) is 85.6 cm³/mol. The van der Waals surface area contributed by atoms with Crippen LogP contribution < -0.4 is 10.1 Å². The van der Waals surface area contributed by atoms with Crippen LogP contribution in [0.25, 0.3) is 0 Å². The lowest BCUT2D eigenvalue weighted by Gasteiger charge is -2.10. The van der Waals surface area contributed by atoms with E-state index in [0.29, 0.717) is 24.6 Å². The molecule has 1 N–H and O–H groups in total. The zero-order chi connectivity index (χ0) is 16.1. The minimum atomic E-state index is -0.130. The van der Waals surface area contributed by atoms with Crippen molar-refractivity contribution in [1.82, 2.24) is 5.32 Å². The molecule has 0 spiro atoms. The van der Waals surface area contributed by atoms with Crippen LogP contribution in [0.2, 0.25) is 0 Å². The van der Waals surface area contributed by atoms with Gasteiger partial charge in [0.25, 0.3) is 5.91 Å². The summed E-state index contributed by atoms with van der Waals surface area (Å²) in [5.41, 5.74) is 1.61.